The molecule has 1 aromatic heterocycles. The van der Waals surface area contributed by atoms with E-state index in [-0.39, 0.29) is 0 Å². The third-order valence-corrected chi connectivity index (χ3v) is 3.71. The maximum Gasteiger partial charge on any atom is 0.133 e. The van der Waals surface area contributed by atoms with Gasteiger partial charge in [-0.25, -0.2) is 4.98 Å². The van der Waals surface area contributed by atoms with Crippen LogP contribution in [0.4, 0.5) is 11.5 Å². The highest BCUT2D eigenvalue weighted by Crippen LogP contribution is 2.23. The summed E-state index contributed by atoms with van der Waals surface area (Å²) in [4.78, 5) is 6.86. The molecule has 1 saturated carbocycles. The van der Waals surface area contributed by atoms with Gasteiger partial charge in [0.25, 0.3) is 0 Å². The fourth-order valence-corrected chi connectivity index (χ4v) is 2.19. The number of rotatable bonds is 5. The number of aromatic nitrogens is 1. The van der Waals surface area contributed by atoms with Crippen LogP contribution in [0.5, 0.6) is 0 Å². The minimum atomic E-state index is 0.718. The van der Waals surface area contributed by atoms with Crippen molar-refractivity contribution in [3.8, 4) is 0 Å². The molecule has 0 unspecified atom stereocenters. The Morgan fingerprint density at radius 2 is 1.90 bits per heavy atom. The van der Waals surface area contributed by atoms with Crippen molar-refractivity contribution >= 4 is 11.5 Å². The first-order valence-electron chi connectivity index (χ1n) is 7.22. The quantitative estimate of drug-likeness (QED) is 0.900. The second-order valence-corrected chi connectivity index (χ2v) is 5.54. The second-order valence-electron chi connectivity index (χ2n) is 5.54. The minimum absolute atomic E-state index is 0.718. The van der Waals surface area contributed by atoms with Gasteiger partial charge >= 0.3 is 0 Å². The predicted molar refractivity (Wildman–Crippen MR) is 83.3 cm³/mol. The van der Waals surface area contributed by atoms with Gasteiger partial charge in [0.1, 0.15) is 5.82 Å². The lowest BCUT2D eigenvalue weighted by Crippen LogP contribution is -2.17. The molecule has 1 heterocycles. The molecule has 1 fully saturated rings. The zero-order chi connectivity index (χ0) is 13.9. The molecular formula is C17H21N3. The summed E-state index contributed by atoms with van der Waals surface area (Å²) in [5.41, 5.74) is 3.54. The molecule has 1 aliphatic carbocycles. The zero-order valence-corrected chi connectivity index (χ0v) is 12.1. The van der Waals surface area contributed by atoms with Crippen LogP contribution in [-0.2, 0) is 6.54 Å². The molecule has 0 spiro atoms. The lowest BCUT2D eigenvalue weighted by molar-refractivity contribution is 0.674. The van der Waals surface area contributed by atoms with E-state index in [2.05, 4.69) is 66.7 Å². The lowest BCUT2D eigenvalue weighted by Gasteiger charge is -2.19. The highest BCUT2D eigenvalue weighted by atomic mass is 15.2. The molecule has 0 saturated heterocycles. The van der Waals surface area contributed by atoms with Gasteiger partial charge in [-0.2, -0.15) is 0 Å². The van der Waals surface area contributed by atoms with Crippen LogP contribution < -0.4 is 10.2 Å². The summed E-state index contributed by atoms with van der Waals surface area (Å²) in [5, 5.41) is 3.51. The average Bonchev–Trinajstić information content (AvgIpc) is 3.30. The van der Waals surface area contributed by atoms with Crippen LogP contribution in [0.15, 0.2) is 42.5 Å². The Morgan fingerprint density at radius 3 is 2.60 bits per heavy atom. The molecule has 0 bridgehead atoms. The van der Waals surface area contributed by atoms with Crippen LogP contribution in [0, 0.1) is 6.92 Å². The van der Waals surface area contributed by atoms with Gasteiger partial charge in [-0.05, 0) is 44.0 Å². The van der Waals surface area contributed by atoms with Gasteiger partial charge < -0.3 is 10.2 Å². The van der Waals surface area contributed by atoms with E-state index in [0.29, 0.717) is 0 Å². The fourth-order valence-electron chi connectivity index (χ4n) is 2.19. The fraction of sp³-hybridized carbons (Fsp3) is 0.353. The highest BCUT2D eigenvalue weighted by molar-refractivity contribution is 5.59. The monoisotopic (exact) mass is 267 g/mol. The van der Waals surface area contributed by atoms with E-state index in [0.717, 1.165) is 29.8 Å². The SMILES string of the molecule is Cc1ccc(N(C)c2cccc(CNC3CC3)n2)cc1. The largest absolute Gasteiger partial charge is 0.329 e. The second kappa shape index (κ2) is 5.63. The zero-order valence-electron chi connectivity index (χ0n) is 12.1. The van der Waals surface area contributed by atoms with Crippen LogP contribution in [0.1, 0.15) is 24.1 Å². The smallest absolute Gasteiger partial charge is 0.133 e. The van der Waals surface area contributed by atoms with Crippen molar-refractivity contribution in [2.75, 3.05) is 11.9 Å². The van der Waals surface area contributed by atoms with Gasteiger partial charge in [0.2, 0.25) is 0 Å². The summed E-state index contributed by atoms with van der Waals surface area (Å²) in [6.45, 7) is 2.96. The maximum atomic E-state index is 4.73. The molecule has 0 radical (unpaired) electrons. The van der Waals surface area contributed by atoms with Gasteiger partial charge in [-0.1, -0.05) is 23.8 Å². The van der Waals surface area contributed by atoms with Gasteiger partial charge in [0, 0.05) is 25.3 Å². The maximum absolute atomic E-state index is 4.73. The van der Waals surface area contributed by atoms with E-state index in [4.69, 9.17) is 4.98 Å². The normalized spacial score (nSPS) is 14.3. The van der Waals surface area contributed by atoms with Crippen molar-refractivity contribution in [1.82, 2.24) is 10.3 Å². The van der Waals surface area contributed by atoms with Crippen LogP contribution in [0.25, 0.3) is 0 Å². The Labute approximate surface area is 120 Å². The third-order valence-electron chi connectivity index (χ3n) is 3.71. The molecule has 3 rings (SSSR count). The van der Waals surface area contributed by atoms with E-state index in [1.54, 1.807) is 0 Å². The Kier molecular flexibility index (Phi) is 3.70. The van der Waals surface area contributed by atoms with Crippen molar-refractivity contribution in [1.29, 1.82) is 0 Å². The van der Waals surface area contributed by atoms with Crippen molar-refractivity contribution in [2.24, 2.45) is 0 Å². The number of nitrogens with zero attached hydrogens (tertiary/aromatic N) is 2. The number of hydrogen-bond donors (Lipinski definition) is 1. The molecular weight excluding hydrogens is 246 g/mol. The van der Waals surface area contributed by atoms with Crippen LogP contribution >= 0.6 is 0 Å². The summed E-state index contributed by atoms with van der Waals surface area (Å²) >= 11 is 0. The van der Waals surface area contributed by atoms with E-state index in [1.807, 2.05) is 0 Å². The Hall–Kier alpha value is -1.87. The summed E-state index contributed by atoms with van der Waals surface area (Å²) < 4.78 is 0. The molecule has 2 aromatic rings. The molecule has 1 N–H and O–H groups in total. The number of benzene rings is 1. The van der Waals surface area contributed by atoms with Gasteiger partial charge in [0.15, 0.2) is 0 Å². The average molecular weight is 267 g/mol. The Morgan fingerprint density at radius 1 is 1.15 bits per heavy atom. The molecule has 1 aromatic carbocycles. The molecule has 0 aliphatic heterocycles. The van der Waals surface area contributed by atoms with Crippen LogP contribution in [0.3, 0.4) is 0 Å². The number of pyridine rings is 1. The van der Waals surface area contributed by atoms with Crippen LogP contribution in [0.2, 0.25) is 0 Å². The molecule has 20 heavy (non-hydrogen) atoms. The van der Waals surface area contributed by atoms with Gasteiger partial charge in [0.05, 0.1) is 5.69 Å². The number of aryl methyl sites for hydroxylation is 1. The van der Waals surface area contributed by atoms with Crippen LogP contribution in [-0.4, -0.2) is 18.1 Å². The van der Waals surface area contributed by atoms with E-state index in [9.17, 15) is 0 Å². The lowest BCUT2D eigenvalue weighted by atomic mass is 10.2. The number of nitrogens with one attached hydrogen (secondary N) is 1. The summed E-state index contributed by atoms with van der Waals surface area (Å²) in [6, 6.07) is 15.5. The first-order chi connectivity index (χ1) is 9.72. The summed E-state index contributed by atoms with van der Waals surface area (Å²) in [7, 11) is 2.06. The molecule has 0 amide bonds. The first-order valence-corrected chi connectivity index (χ1v) is 7.22. The highest BCUT2D eigenvalue weighted by Gasteiger charge is 2.20. The predicted octanol–water partition coefficient (Wildman–Crippen LogP) is 3.41. The summed E-state index contributed by atoms with van der Waals surface area (Å²) in [6.07, 6.45) is 2.62. The summed E-state index contributed by atoms with van der Waals surface area (Å²) in [5.74, 6) is 0.990. The molecule has 3 heteroatoms. The van der Waals surface area contributed by atoms with Crippen molar-refractivity contribution in [2.45, 2.75) is 32.4 Å². The molecule has 3 nitrogen and oxygen atoms in total. The van der Waals surface area contributed by atoms with E-state index >= 15 is 0 Å². The van der Waals surface area contributed by atoms with Crippen molar-refractivity contribution in [3.63, 3.8) is 0 Å². The van der Waals surface area contributed by atoms with E-state index < -0.39 is 0 Å². The van der Waals surface area contributed by atoms with Gasteiger partial charge in [-0.15, -0.1) is 0 Å². The van der Waals surface area contributed by atoms with Gasteiger partial charge in [-0.3, -0.25) is 0 Å². The van der Waals surface area contributed by atoms with E-state index in [1.165, 1.54) is 18.4 Å². The number of hydrogen-bond acceptors (Lipinski definition) is 3. The van der Waals surface area contributed by atoms with Crippen molar-refractivity contribution < 1.29 is 0 Å². The first kappa shape index (κ1) is 13.1. The molecule has 0 atom stereocenters. The Bertz CT molecular complexity index is 573. The number of anilines is 2. The molecule has 104 valence electrons. The third kappa shape index (κ3) is 3.17. The Balaban J connectivity index is 1.74. The van der Waals surface area contributed by atoms with Crippen molar-refractivity contribution in [3.05, 3.63) is 53.7 Å². The topological polar surface area (TPSA) is 28.2 Å². The standard InChI is InChI=1S/C17H21N3/c1-13-6-10-16(11-7-13)20(2)17-5-3-4-15(19-17)12-18-14-8-9-14/h3-7,10-11,14,18H,8-9,12H2,1-2H3. The molecule has 1 aliphatic rings. The minimum Gasteiger partial charge on any atom is -0.329 e.